The van der Waals surface area contributed by atoms with E-state index < -0.39 is 6.10 Å². The van der Waals surface area contributed by atoms with Crippen LogP contribution in [0.4, 0.5) is 5.69 Å². The van der Waals surface area contributed by atoms with Crippen molar-refractivity contribution >= 4 is 43.5 Å². The Morgan fingerprint density at radius 3 is 2.70 bits per heavy atom. The molecule has 23 heavy (non-hydrogen) atoms. The fourth-order valence-electron chi connectivity index (χ4n) is 1.89. The number of rotatable bonds is 6. The van der Waals surface area contributed by atoms with Crippen LogP contribution in [-0.4, -0.2) is 18.6 Å². The van der Waals surface area contributed by atoms with Crippen molar-refractivity contribution in [3.63, 3.8) is 0 Å². The maximum atomic E-state index is 12.3. The molecule has 0 aliphatic heterocycles. The average Bonchev–Trinajstić information content (AvgIpc) is 2.50. The number of nitrogens with one attached hydrogen (secondary N) is 1. The van der Waals surface area contributed by atoms with Gasteiger partial charge in [0.2, 0.25) is 0 Å². The number of hydrogen-bond acceptors (Lipinski definition) is 3. The summed E-state index contributed by atoms with van der Waals surface area (Å²) >= 11 is 6.79. The minimum absolute atomic E-state index is 0.228. The smallest absolute Gasteiger partial charge is 0.265 e. The summed E-state index contributed by atoms with van der Waals surface area (Å²) < 4.78 is 12.8. The molecule has 1 N–H and O–H groups in total. The highest BCUT2D eigenvalue weighted by Gasteiger charge is 2.16. The number of hydrogen-bond donors (Lipinski definition) is 1. The Bertz CT molecular complexity index is 691. The molecule has 0 heterocycles. The molecule has 0 fully saturated rings. The first-order valence-electron chi connectivity index (χ1n) is 7.15. The van der Waals surface area contributed by atoms with Gasteiger partial charge in [0.15, 0.2) is 6.10 Å². The van der Waals surface area contributed by atoms with Crippen LogP contribution in [0.1, 0.15) is 13.8 Å². The Labute approximate surface area is 152 Å². The first-order valence-corrected chi connectivity index (χ1v) is 8.73. The van der Waals surface area contributed by atoms with Gasteiger partial charge in [0.25, 0.3) is 5.91 Å². The van der Waals surface area contributed by atoms with E-state index in [1.807, 2.05) is 37.3 Å². The highest BCUT2D eigenvalue weighted by Crippen LogP contribution is 2.29. The second-order valence-electron chi connectivity index (χ2n) is 4.78. The molecule has 2 rings (SSSR count). The summed E-state index contributed by atoms with van der Waals surface area (Å²) in [6.45, 7) is 4.20. The van der Waals surface area contributed by atoms with Gasteiger partial charge in [-0.05, 0) is 60.1 Å². The van der Waals surface area contributed by atoms with Crippen molar-refractivity contribution < 1.29 is 14.3 Å². The number of benzene rings is 2. The van der Waals surface area contributed by atoms with Crippen LogP contribution in [0.25, 0.3) is 0 Å². The quantitative estimate of drug-likeness (QED) is 0.683. The summed E-state index contributed by atoms with van der Waals surface area (Å²) in [4.78, 5) is 12.3. The normalized spacial score (nSPS) is 11.7. The average molecular weight is 443 g/mol. The summed E-state index contributed by atoms with van der Waals surface area (Å²) in [5, 5.41) is 2.82. The van der Waals surface area contributed by atoms with Gasteiger partial charge in [0.1, 0.15) is 11.5 Å². The van der Waals surface area contributed by atoms with E-state index in [9.17, 15) is 4.79 Å². The Balaban J connectivity index is 2.01. The third-order valence-electron chi connectivity index (χ3n) is 2.98. The lowest BCUT2D eigenvalue weighted by molar-refractivity contribution is -0.122. The predicted octanol–water partition coefficient (Wildman–Crippen LogP) is 5.02. The van der Waals surface area contributed by atoms with Crippen LogP contribution in [0.15, 0.2) is 51.4 Å². The molecule has 0 aliphatic rings. The molecule has 1 amide bonds. The molecule has 0 unspecified atom stereocenters. The maximum absolute atomic E-state index is 12.3. The van der Waals surface area contributed by atoms with Crippen LogP contribution >= 0.6 is 31.9 Å². The third kappa shape index (κ3) is 5.25. The summed E-state index contributed by atoms with van der Waals surface area (Å²) in [7, 11) is 0. The highest BCUT2D eigenvalue weighted by molar-refractivity contribution is 9.11. The standard InChI is InChI=1S/C17H17Br2NO3/c1-3-22-14-6-4-5-13(10-14)20-17(21)11(2)23-16-8-7-12(18)9-15(16)19/h4-11H,3H2,1-2H3,(H,20,21)/t11-/m1/s1. The van der Waals surface area contributed by atoms with Gasteiger partial charge in [0, 0.05) is 16.2 Å². The molecule has 0 spiro atoms. The lowest BCUT2D eigenvalue weighted by Gasteiger charge is -2.16. The summed E-state index contributed by atoms with van der Waals surface area (Å²) in [6, 6.07) is 12.8. The van der Waals surface area contributed by atoms with Gasteiger partial charge >= 0.3 is 0 Å². The van der Waals surface area contributed by atoms with Crippen LogP contribution in [0.5, 0.6) is 11.5 Å². The van der Waals surface area contributed by atoms with E-state index >= 15 is 0 Å². The second-order valence-corrected chi connectivity index (χ2v) is 6.55. The zero-order valence-corrected chi connectivity index (χ0v) is 16.0. The Hall–Kier alpha value is -1.53. The van der Waals surface area contributed by atoms with Crippen molar-refractivity contribution in [3.05, 3.63) is 51.4 Å². The molecule has 1 atom stereocenters. The van der Waals surface area contributed by atoms with Gasteiger partial charge in [-0.15, -0.1) is 0 Å². The molecular weight excluding hydrogens is 426 g/mol. The van der Waals surface area contributed by atoms with Gasteiger partial charge < -0.3 is 14.8 Å². The fraction of sp³-hybridized carbons (Fsp3) is 0.235. The van der Waals surface area contributed by atoms with Crippen LogP contribution < -0.4 is 14.8 Å². The minimum Gasteiger partial charge on any atom is -0.494 e. The monoisotopic (exact) mass is 441 g/mol. The van der Waals surface area contributed by atoms with Crippen molar-refractivity contribution in [2.24, 2.45) is 0 Å². The molecule has 0 aliphatic carbocycles. The summed E-state index contributed by atoms with van der Waals surface area (Å²) in [5.41, 5.74) is 0.672. The number of carbonyl (C=O) groups excluding carboxylic acids is 1. The van der Waals surface area contributed by atoms with Gasteiger partial charge in [-0.25, -0.2) is 0 Å². The zero-order chi connectivity index (χ0) is 16.8. The third-order valence-corrected chi connectivity index (χ3v) is 4.09. The molecule has 0 radical (unpaired) electrons. The largest absolute Gasteiger partial charge is 0.494 e. The lowest BCUT2D eigenvalue weighted by Crippen LogP contribution is -2.30. The van der Waals surface area contributed by atoms with E-state index in [0.29, 0.717) is 18.0 Å². The molecule has 2 aromatic rings. The molecule has 0 bridgehead atoms. The van der Waals surface area contributed by atoms with Gasteiger partial charge in [-0.1, -0.05) is 22.0 Å². The Morgan fingerprint density at radius 1 is 1.22 bits per heavy atom. The van der Waals surface area contributed by atoms with E-state index in [1.54, 1.807) is 19.1 Å². The fourth-order valence-corrected chi connectivity index (χ4v) is 3.03. The van der Waals surface area contributed by atoms with Crippen LogP contribution in [0, 0.1) is 0 Å². The molecular formula is C17H17Br2NO3. The first-order chi connectivity index (χ1) is 11.0. The van der Waals surface area contributed by atoms with E-state index in [0.717, 1.165) is 14.7 Å². The van der Waals surface area contributed by atoms with Crippen molar-refractivity contribution in [2.75, 3.05) is 11.9 Å². The van der Waals surface area contributed by atoms with E-state index in [4.69, 9.17) is 9.47 Å². The van der Waals surface area contributed by atoms with Gasteiger partial charge in [-0.2, -0.15) is 0 Å². The highest BCUT2D eigenvalue weighted by atomic mass is 79.9. The Morgan fingerprint density at radius 2 is 2.00 bits per heavy atom. The molecule has 6 heteroatoms. The van der Waals surface area contributed by atoms with E-state index in [-0.39, 0.29) is 5.91 Å². The molecule has 0 saturated heterocycles. The molecule has 0 aromatic heterocycles. The molecule has 0 saturated carbocycles. The first kappa shape index (κ1) is 17.8. The maximum Gasteiger partial charge on any atom is 0.265 e. The number of halogens is 2. The SMILES string of the molecule is CCOc1cccc(NC(=O)[C@@H](C)Oc2ccc(Br)cc2Br)c1. The van der Waals surface area contributed by atoms with Crippen molar-refractivity contribution in [1.29, 1.82) is 0 Å². The molecule has 2 aromatic carbocycles. The molecule has 4 nitrogen and oxygen atoms in total. The number of ether oxygens (including phenoxy) is 2. The van der Waals surface area contributed by atoms with Crippen LogP contribution in [0.3, 0.4) is 0 Å². The zero-order valence-electron chi connectivity index (χ0n) is 12.8. The lowest BCUT2D eigenvalue weighted by atomic mass is 10.2. The van der Waals surface area contributed by atoms with E-state index in [2.05, 4.69) is 37.2 Å². The minimum atomic E-state index is -0.636. The van der Waals surface area contributed by atoms with Crippen LogP contribution in [-0.2, 0) is 4.79 Å². The van der Waals surface area contributed by atoms with Crippen molar-refractivity contribution in [1.82, 2.24) is 0 Å². The van der Waals surface area contributed by atoms with Crippen LogP contribution in [0.2, 0.25) is 0 Å². The van der Waals surface area contributed by atoms with Gasteiger partial charge in [0.05, 0.1) is 11.1 Å². The predicted molar refractivity (Wildman–Crippen MR) is 98.2 cm³/mol. The topological polar surface area (TPSA) is 47.6 Å². The summed E-state index contributed by atoms with van der Waals surface area (Å²) in [5.74, 6) is 1.10. The molecule has 122 valence electrons. The van der Waals surface area contributed by atoms with Crippen molar-refractivity contribution in [2.45, 2.75) is 20.0 Å². The summed E-state index contributed by atoms with van der Waals surface area (Å²) in [6.07, 6.45) is -0.636. The Kier molecular flexibility index (Phi) is 6.47. The van der Waals surface area contributed by atoms with Gasteiger partial charge in [-0.3, -0.25) is 4.79 Å². The second kappa shape index (κ2) is 8.36. The number of anilines is 1. The number of carbonyl (C=O) groups is 1. The van der Waals surface area contributed by atoms with Crippen molar-refractivity contribution in [3.8, 4) is 11.5 Å². The number of amides is 1. The van der Waals surface area contributed by atoms with E-state index in [1.165, 1.54) is 0 Å².